The summed E-state index contributed by atoms with van der Waals surface area (Å²) in [6.45, 7) is 11.2. The zero-order valence-corrected chi connectivity index (χ0v) is 15.3. The molecule has 24 heavy (non-hydrogen) atoms. The van der Waals surface area contributed by atoms with Gasteiger partial charge in [-0.3, -0.25) is 4.79 Å². The van der Waals surface area contributed by atoms with E-state index in [1.54, 1.807) is 27.7 Å². The summed E-state index contributed by atoms with van der Waals surface area (Å²) in [5.41, 5.74) is 4.12. The number of nitrogens with zero attached hydrogens (tertiary/aromatic N) is 1. The minimum Gasteiger partial charge on any atom is -0.443 e. The number of hydrogen-bond donors (Lipinski definition) is 2. The van der Waals surface area contributed by atoms with Crippen LogP contribution in [0.25, 0.3) is 0 Å². The molecule has 0 heterocycles. The average Bonchev–Trinajstić information content (AvgIpc) is 2.43. The fraction of sp³-hybridized carbons (Fsp3) is 0.500. The maximum Gasteiger partial charge on any atom is 0.428 e. The van der Waals surface area contributed by atoms with Crippen molar-refractivity contribution in [1.82, 2.24) is 5.43 Å². The molecule has 2 N–H and O–H groups in total. The fourth-order valence-electron chi connectivity index (χ4n) is 1.87. The summed E-state index contributed by atoms with van der Waals surface area (Å²) in [4.78, 5) is 23.5. The molecule has 132 valence electrons. The van der Waals surface area contributed by atoms with Crippen molar-refractivity contribution in [3.8, 4) is 0 Å². The predicted octanol–water partition coefficient (Wildman–Crippen LogP) is 4.04. The Morgan fingerprint density at radius 1 is 1.17 bits per heavy atom. The van der Waals surface area contributed by atoms with Gasteiger partial charge in [0.15, 0.2) is 0 Å². The Hall–Kier alpha value is -2.37. The van der Waals surface area contributed by atoms with Crippen LogP contribution in [-0.2, 0) is 9.53 Å². The second kappa shape index (κ2) is 8.47. The summed E-state index contributed by atoms with van der Waals surface area (Å²) < 4.78 is 5.06. The van der Waals surface area contributed by atoms with Gasteiger partial charge < -0.3 is 10.1 Å². The highest BCUT2D eigenvalue weighted by Gasteiger charge is 2.15. The second-order valence-electron chi connectivity index (χ2n) is 6.96. The highest BCUT2D eigenvalue weighted by atomic mass is 16.6. The first-order valence-corrected chi connectivity index (χ1v) is 7.99. The van der Waals surface area contributed by atoms with Crippen molar-refractivity contribution in [2.45, 2.75) is 59.5 Å². The van der Waals surface area contributed by atoms with Crippen molar-refractivity contribution in [3.63, 3.8) is 0 Å². The van der Waals surface area contributed by atoms with Crippen molar-refractivity contribution in [3.05, 3.63) is 29.8 Å². The SMILES string of the molecule is CC(CC(=O)Nc1ccc(C(C)C)cc1)=NNC(=O)OC(C)(C)C. The highest BCUT2D eigenvalue weighted by Crippen LogP contribution is 2.17. The van der Waals surface area contributed by atoms with E-state index in [1.807, 2.05) is 24.3 Å². The van der Waals surface area contributed by atoms with E-state index in [4.69, 9.17) is 4.74 Å². The Morgan fingerprint density at radius 2 is 1.75 bits per heavy atom. The van der Waals surface area contributed by atoms with Gasteiger partial charge in [-0.1, -0.05) is 26.0 Å². The van der Waals surface area contributed by atoms with Gasteiger partial charge in [-0.2, -0.15) is 5.10 Å². The number of ether oxygens (including phenoxy) is 1. The smallest absolute Gasteiger partial charge is 0.428 e. The second-order valence-corrected chi connectivity index (χ2v) is 6.96. The molecule has 0 bridgehead atoms. The molecule has 0 atom stereocenters. The molecule has 0 spiro atoms. The van der Waals surface area contributed by atoms with Crippen LogP contribution in [0.4, 0.5) is 10.5 Å². The zero-order chi connectivity index (χ0) is 18.3. The average molecular weight is 333 g/mol. The van der Waals surface area contributed by atoms with E-state index in [0.717, 1.165) is 5.69 Å². The number of hydrogen-bond acceptors (Lipinski definition) is 4. The molecule has 6 nitrogen and oxygen atoms in total. The minimum absolute atomic E-state index is 0.0850. The molecule has 2 amide bonds. The number of rotatable bonds is 5. The van der Waals surface area contributed by atoms with Crippen molar-refractivity contribution in [1.29, 1.82) is 0 Å². The molecule has 0 aliphatic carbocycles. The Labute approximate surface area is 143 Å². The summed E-state index contributed by atoms with van der Waals surface area (Å²) in [5.74, 6) is 0.252. The Bertz CT molecular complexity index is 599. The predicted molar refractivity (Wildman–Crippen MR) is 96.3 cm³/mol. The first kappa shape index (κ1) is 19.7. The summed E-state index contributed by atoms with van der Waals surface area (Å²) in [6.07, 6.45) is -0.562. The number of carbonyl (C=O) groups is 2. The van der Waals surface area contributed by atoms with Crippen molar-refractivity contribution < 1.29 is 14.3 Å². The lowest BCUT2D eigenvalue weighted by Gasteiger charge is -2.18. The summed E-state index contributed by atoms with van der Waals surface area (Å²) in [5, 5.41) is 6.66. The number of hydrazone groups is 1. The van der Waals surface area contributed by atoms with E-state index < -0.39 is 11.7 Å². The van der Waals surface area contributed by atoms with E-state index in [2.05, 4.69) is 29.7 Å². The summed E-state index contributed by atoms with van der Waals surface area (Å²) in [6, 6.07) is 7.73. The van der Waals surface area contributed by atoms with Crippen LogP contribution < -0.4 is 10.7 Å². The highest BCUT2D eigenvalue weighted by molar-refractivity contribution is 6.05. The molecule has 0 aliphatic rings. The molecule has 0 aliphatic heterocycles. The van der Waals surface area contributed by atoms with Crippen molar-refractivity contribution in [2.24, 2.45) is 5.10 Å². The van der Waals surface area contributed by atoms with Gasteiger partial charge in [0.2, 0.25) is 5.91 Å². The zero-order valence-electron chi connectivity index (χ0n) is 15.3. The van der Waals surface area contributed by atoms with Gasteiger partial charge in [0.1, 0.15) is 5.60 Å². The van der Waals surface area contributed by atoms with Crippen LogP contribution in [0.1, 0.15) is 59.4 Å². The molecule has 1 aromatic carbocycles. The number of carbonyl (C=O) groups excluding carboxylic acids is 2. The van der Waals surface area contributed by atoms with Crippen LogP contribution in [0.5, 0.6) is 0 Å². The largest absolute Gasteiger partial charge is 0.443 e. The minimum atomic E-state index is -0.647. The molecule has 0 saturated carbocycles. The molecule has 1 aromatic rings. The Morgan fingerprint density at radius 3 is 2.25 bits per heavy atom. The maximum absolute atomic E-state index is 12.0. The molecule has 0 fully saturated rings. The van der Waals surface area contributed by atoms with Gasteiger partial charge in [0, 0.05) is 11.4 Å². The van der Waals surface area contributed by atoms with E-state index in [1.165, 1.54) is 5.56 Å². The van der Waals surface area contributed by atoms with Crippen molar-refractivity contribution in [2.75, 3.05) is 5.32 Å². The van der Waals surface area contributed by atoms with E-state index in [0.29, 0.717) is 11.6 Å². The summed E-state index contributed by atoms with van der Waals surface area (Å²) in [7, 11) is 0. The first-order chi connectivity index (χ1) is 11.1. The van der Waals surface area contributed by atoms with E-state index >= 15 is 0 Å². The number of amides is 2. The van der Waals surface area contributed by atoms with Crippen LogP contribution in [0.15, 0.2) is 29.4 Å². The van der Waals surface area contributed by atoms with Crippen LogP contribution in [0.3, 0.4) is 0 Å². The van der Waals surface area contributed by atoms with Crippen LogP contribution in [0.2, 0.25) is 0 Å². The lowest BCUT2D eigenvalue weighted by molar-refractivity contribution is -0.115. The third-order valence-corrected chi connectivity index (χ3v) is 3.01. The molecular weight excluding hydrogens is 306 g/mol. The molecule has 0 unspecified atom stereocenters. The van der Waals surface area contributed by atoms with E-state index in [-0.39, 0.29) is 12.3 Å². The molecule has 6 heteroatoms. The van der Waals surface area contributed by atoms with Gasteiger partial charge in [-0.25, -0.2) is 10.2 Å². The topological polar surface area (TPSA) is 79.8 Å². The van der Waals surface area contributed by atoms with Gasteiger partial charge in [0.25, 0.3) is 0 Å². The van der Waals surface area contributed by atoms with Gasteiger partial charge in [0.05, 0.1) is 6.42 Å². The van der Waals surface area contributed by atoms with Crippen LogP contribution in [-0.4, -0.2) is 23.3 Å². The lowest BCUT2D eigenvalue weighted by atomic mass is 10.0. The normalized spacial score (nSPS) is 12.0. The fourth-order valence-corrected chi connectivity index (χ4v) is 1.87. The summed E-state index contributed by atoms with van der Waals surface area (Å²) >= 11 is 0. The number of nitrogens with one attached hydrogen (secondary N) is 2. The van der Waals surface area contributed by atoms with Gasteiger partial charge in [-0.15, -0.1) is 0 Å². The number of benzene rings is 1. The first-order valence-electron chi connectivity index (χ1n) is 7.99. The third kappa shape index (κ3) is 7.76. The molecular formula is C18H27N3O3. The van der Waals surface area contributed by atoms with Crippen molar-refractivity contribution >= 4 is 23.4 Å². The Balaban J connectivity index is 2.48. The number of anilines is 1. The quantitative estimate of drug-likeness (QED) is 0.630. The van der Waals surface area contributed by atoms with Crippen LogP contribution >= 0.6 is 0 Å². The van der Waals surface area contributed by atoms with Crippen LogP contribution in [0, 0.1) is 0 Å². The Kier molecular flexibility index (Phi) is 6.95. The molecule has 0 aromatic heterocycles. The molecule has 0 radical (unpaired) electrons. The lowest BCUT2D eigenvalue weighted by Crippen LogP contribution is -2.30. The monoisotopic (exact) mass is 333 g/mol. The molecule has 1 rings (SSSR count). The van der Waals surface area contributed by atoms with Gasteiger partial charge in [-0.05, 0) is 51.3 Å². The van der Waals surface area contributed by atoms with E-state index in [9.17, 15) is 9.59 Å². The standard InChI is InChI=1S/C18H27N3O3/c1-12(2)14-7-9-15(10-8-14)19-16(22)11-13(3)20-21-17(23)24-18(4,5)6/h7-10,12H,11H2,1-6H3,(H,19,22)(H,21,23). The maximum atomic E-state index is 12.0. The van der Waals surface area contributed by atoms with Gasteiger partial charge >= 0.3 is 6.09 Å². The molecule has 0 saturated heterocycles. The third-order valence-electron chi connectivity index (χ3n) is 3.01.